The quantitative estimate of drug-likeness (QED) is 0.801. The molecule has 1 amide bonds. The normalized spacial score (nSPS) is 30.2. The van der Waals surface area contributed by atoms with Gasteiger partial charge in [0.05, 0.1) is 6.54 Å². The molecular weight excluding hydrogens is 256 g/mol. The number of carboxylic acids is 1. The molecule has 0 aromatic rings. The van der Waals surface area contributed by atoms with Crippen molar-refractivity contribution in [2.24, 2.45) is 11.8 Å². The summed E-state index contributed by atoms with van der Waals surface area (Å²) in [5.41, 5.74) is 0. The molecule has 1 heterocycles. The third-order valence-electron chi connectivity index (χ3n) is 4.54. The molecule has 114 valence electrons. The highest BCUT2D eigenvalue weighted by molar-refractivity contribution is 5.80. The maximum absolute atomic E-state index is 12.0. The maximum Gasteiger partial charge on any atom is 0.320 e. The summed E-state index contributed by atoms with van der Waals surface area (Å²) in [5.74, 6) is 0.0465. The molecule has 0 radical (unpaired) electrons. The Morgan fingerprint density at radius 2 is 2.00 bits per heavy atom. The first kappa shape index (κ1) is 15.3. The minimum atomic E-state index is -0.781. The van der Waals surface area contributed by atoms with E-state index in [0.717, 1.165) is 19.3 Å². The summed E-state index contributed by atoms with van der Waals surface area (Å²) in [6.07, 6.45) is 5.19. The van der Waals surface area contributed by atoms with Gasteiger partial charge in [0, 0.05) is 12.6 Å². The Balaban J connectivity index is 1.98. The van der Waals surface area contributed by atoms with Crippen LogP contribution in [0.2, 0.25) is 0 Å². The van der Waals surface area contributed by atoms with Crippen molar-refractivity contribution < 1.29 is 14.7 Å². The third kappa shape index (κ3) is 3.51. The lowest BCUT2D eigenvalue weighted by molar-refractivity contribution is -0.143. The summed E-state index contributed by atoms with van der Waals surface area (Å²) in [5, 5.41) is 12.3. The largest absolute Gasteiger partial charge is 0.480 e. The van der Waals surface area contributed by atoms with Crippen LogP contribution in [0.25, 0.3) is 0 Å². The molecular formula is C15H26N2O3. The van der Waals surface area contributed by atoms with Crippen molar-refractivity contribution in [1.29, 1.82) is 0 Å². The van der Waals surface area contributed by atoms with Gasteiger partial charge in [-0.05, 0) is 31.1 Å². The van der Waals surface area contributed by atoms with Crippen LogP contribution in [0.4, 0.5) is 0 Å². The van der Waals surface area contributed by atoms with Crippen molar-refractivity contribution in [3.63, 3.8) is 0 Å². The highest BCUT2D eigenvalue weighted by Gasteiger charge is 2.45. The van der Waals surface area contributed by atoms with E-state index < -0.39 is 12.0 Å². The molecule has 0 aromatic heterocycles. The van der Waals surface area contributed by atoms with Crippen molar-refractivity contribution in [3.05, 3.63) is 0 Å². The predicted molar refractivity (Wildman–Crippen MR) is 76.3 cm³/mol. The standard InChI is InChI=1S/C15H26N2O3/c1-10(2)8-16-14(18)9-17-12-6-4-3-5-11(12)7-13(17)15(19)20/h10-13H,3-9H2,1-2H3,(H,16,18)(H,19,20)/t11-,12-,13+/m1/s1. The summed E-state index contributed by atoms with van der Waals surface area (Å²) < 4.78 is 0. The second kappa shape index (κ2) is 6.57. The number of likely N-dealkylation sites (tertiary alicyclic amines) is 1. The van der Waals surface area contributed by atoms with E-state index in [2.05, 4.69) is 5.32 Å². The number of aliphatic carboxylic acids is 1. The van der Waals surface area contributed by atoms with Crippen molar-refractivity contribution in [2.45, 2.75) is 58.0 Å². The zero-order valence-electron chi connectivity index (χ0n) is 12.5. The number of fused-ring (bicyclic) bond motifs is 1. The fourth-order valence-corrected chi connectivity index (χ4v) is 3.56. The molecule has 1 saturated heterocycles. The van der Waals surface area contributed by atoms with Gasteiger partial charge in [0.1, 0.15) is 6.04 Å². The van der Waals surface area contributed by atoms with Gasteiger partial charge in [-0.15, -0.1) is 0 Å². The Kier molecular flexibility index (Phi) is 5.02. The highest BCUT2D eigenvalue weighted by Crippen LogP contribution is 2.39. The number of rotatable bonds is 5. The number of amides is 1. The predicted octanol–water partition coefficient (Wildman–Crippen LogP) is 1.48. The summed E-state index contributed by atoms with van der Waals surface area (Å²) in [6.45, 7) is 4.98. The van der Waals surface area contributed by atoms with Crippen molar-refractivity contribution in [2.75, 3.05) is 13.1 Å². The lowest BCUT2D eigenvalue weighted by Gasteiger charge is -2.32. The van der Waals surface area contributed by atoms with Gasteiger partial charge in [-0.2, -0.15) is 0 Å². The molecule has 1 saturated carbocycles. The lowest BCUT2D eigenvalue weighted by atomic mass is 9.85. The molecule has 0 spiro atoms. The average molecular weight is 282 g/mol. The second-order valence-electron chi connectivity index (χ2n) is 6.57. The van der Waals surface area contributed by atoms with E-state index in [4.69, 9.17) is 0 Å². The van der Waals surface area contributed by atoms with Gasteiger partial charge in [0.25, 0.3) is 0 Å². The molecule has 2 fully saturated rings. The van der Waals surface area contributed by atoms with Crippen LogP contribution in [0.1, 0.15) is 46.0 Å². The van der Waals surface area contributed by atoms with E-state index in [1.807, 2.05) is 18.7 Å². The molecule has 2 N–H and O–H groups in total. The Bertz CT molecular complexity index is 370. The summed E-state index contributed by atoms with van der Waals surface area (Å²) >= 11 is 0. The third-order valence-corrected chi connectivity index (χ3v) is 4.54. The molecule has 0 unspecified atom stereocenters. The van der Waals surface area contributed by atoms with Crippen LogP contribution in [0, 0.1) is 11.8 Å². The van der Waals surface area contributed by atoms with E-state index in [1.165, 1.54) is 6.42 Å². The number of nitrogens with one attached hydrogen (secondary N) is 1. The minimum absolute atomic E-state index is 0.0452. The van der Waals surface area contributed by atoms with Gasteiger partial charge >= 0.3 is 5.97 Å². The van der Waals surface area contributed by atoms with Crippen molar-refractivity contribution in [1.82, 2.24) is 10.2 Å². The van der Waals surface area contributed by atoms with Gasteiger partial charge in [0.2, 0.25) is 5.91 Å². The van der Waals surface area contributed by atoms with Crippen LogP contribution in [0.15, 0.2) is 0 Å². The van der Waals surface area contributed by atoms with E-state index in [-0.39, 0.29) is 18.5 Å². The Morgan fingerprint density at radius 1 is 1.30 bits per heavy atom. The van der Waals surface area contributed by atoms with Gasteiger partial charge < -0.3 is 10.4 Å². The van der Waals surface area contributed by atoms with Crippen LogP contribution in [0.3, 0.4) is 0 Å². The van der Waals surface area contributed by atoms with Crippen molar-refractivity contribution >= 4 is 11.9 Å². The summed E-state index contributed by atoms with van der Waals surface area (Å²) in [7, 11) is 0. The fourth-order valence-electron chi connectivity index (χ4n) is 3.56. The van der Waals surface area contributed by atoms with Gasteiger partial charge in [0.15, 0.2) is 0 Å². The van der Waals surface area contributed by atoms with Crippen molar-refractivity contribution in [3.8, 4) is 0 Å². The molecule has 2 rings (SSSR count). The number of carboxylic acid groups (broad SMARTS) is 1. The van der Waals surface area contributed by atoms with E-state index in [9.17, 15) is 14.7 Å². The zero-order valence-corrected chi connectivity index (χ0v) is 12.5. The highest BCUT2D eigenvalue weighted by atomic mass is 16.4. The molecule has 5 heteroatoms. The molecule has 3 atom stereocenters. The Labute approximate surface area is 120 Å². The van der Waals surface area contributed by atoms with Crippen LogP contribution in [-0.4, -0.2) is 47.1 Å². The molecule has 5 nitrogen and oxygen atoms in total. The lowest BCUT2D eigenvalue weighted by Crippen LogP contribution is -2.48. The smallest absolute Gasteiger partial charge is 0.320 e. The van der Waals surface area contributed by atoms with E-state index >= 15 is 0 Å². The zero-order chi connectivity index (χ0) is 14.7. The molecule has 2 aliphatic rings. The first-order valence-electron chi connectivity index (χ1n) is 7.74. The molecule has 0 bridgehead atoms. The van der Waals surface area contributed by atoms with Crippen LogP contribution < -0.4 is 5.32 Å². The number of carbonyl (C=O) groups is 2. The monoisotopic (exact) mass is 282 g/mol. The molecule has 20 heavy (non-hydrogen) atoms. The Morgan fingerprint density at radius 3 is 2.65 bits per heavy atom. The maximum atomic E-state index is 12.0. The van der Waals surface area contributed by atoms with E-state index in [0.29, 0.717) is 24.8 Å². The summed E-state index contributed by atoms with van der Waals surface area (Å²) in [6, 6.07) is -0.192. The molecule has 1 aliphatic carbocycles. The van der Waals surface area contributed by atoms with Crippen LogP contribution in [-0.2, 0) is 9.59 Å². The van der Waals surface area contributed by atoms with Gasteiger partial charge in [-0.25, -0.2) is 0 Å². The molecule has 0 aromatic carbocycles. The topological polar surface area (TPSA) is 69.6 Å². The van der Waals surface area contributed by atoms with Gasteiger partial charge in [-0.1, -0.05) is 26.7 Å². The molecule has 1 aliphatic heterocycles. The summed E-state index contributed by atoms with van der Waals surface area (Å²) in [4.78, 5) is 25.4. The second-order valence-corrected chi connectivity index (χ2v) is 6.57. The van der Waals surface area contributed by atoms with Gasteiger partial charge in [-0.3, -0.25) is 14.5 Å². The first-order valence-corrected chi connectivity index (χ1v) is 7.74. The number of nitrogens with zero attached hydrogens (tertiary/aromatic N) is 1. The van der Waals surface area contributed by atoms with Crippen LogP contribution >= 0.6 is 0 Å². The number of hydrogen-bond acceptors (Lipinski definition) is 3. The first-order chi connectivity index (χ1) is 9.49. The Hall–Kier alpha value is -1.10. The number of carbonyl (C=O) groups excluding carboxylic acids is 1. The number of hydrogen-bond donors (Lipinski definition) is 2. The van der Waals surface area contributed by atoms with Crippen LogP contribution in [0.5, 0.6) is 0 Å². The SMILES string of the molecule is CC(C)CNC(=O)CN1[C@@H]2CCCC[C@@H]2C[C@H]1C(=O)O. The fraction of sp³-hybridized carbons (Fsp3) is 0.867. The van der Waals surface area contributed by atoms with E-state index in [1.54, 1.807) is 0 Å². The minimum Gasteiger partial charge on any atom is -0.480 e. The average Bonchev–Trinajstić information content (AvgIpc) is 2.76.